The summed E-state index contributed by atoms with van der Waals surface area (Å²) in [5.74, 6) is -0.410. The van der Waals surface area contributed by atoms with Crippen molar-refractivity contribution >= 4 is 38.9 Å². The van der Waals surface area contributed by atoms with Crippen LogP contribution in [-0.2, 0) is 16.4 Å². The molecule has 3 aromatic carbocycles. The van der Waals surface area contributed by atoms with Crippen LogP contribution in [0.5, 0.6) is 0 Å². The number of para-hydroxylation sites is 1. The Morgan fingerprint density at radius 1 is 1.00 bits per heavy atom. The Hall–Kier alpha value is -2.83. The van der Waals surface area contributed by atoms with Crippen molar-refractivity contribution < 1.29 is 13.2 Å². The largest absolute Gasteiger partial charge is 0.322 e. The minimum Gasteiger partial charge on any atom is -0.322 e. The summed E-state index contributed by atoms with van der Waals surface area (Å²) in [6, 6.07) is 18.4. The monoisotopic (exact) mass is 428 g/mol. The van der Waals surface area contributed by atoms with Gasteiger partial charge in [-0.3, -0.25) is 9.52 Å². The van der Waals surface area contributed by atoms with Crippen LogP contribution in [0.1, 0.15) is 28.4 Å². The van der Waals surface area contributed by atoms with Gasteiger partial charge >= 0.3 is 0 Å². The third kappa shape index (κ3) is 4.96. The predicted molar refractivity (Wildman–Crippen MR) is 117 cm³/mol. The topological polar surface area (TPSA) is 75.3 Å². The zero-order valence-corrected chi connectivity index (χ0v) is 17.6. The second kappa shape index (κ2) is 8.68. The van der Waals surface area contributed by atoms with Crippen molar-refractivity contribution in [3.63, 3.8) is 0 Å². The van der Waals surface area contributed by atoms with Crippen LogP contribution in [0, 0.1) is 6.92 Å². The molecule has 150 valence electrons. The lowest BCUT2D eigenvalue weighted by atomic mass is 10.1. The number of nitrogens with one attached hydrogen (secondary N) is 2. The van der Waals surface area contributed by atoms with Crippen LogP contribution in [0.25, 0.3) is 0 Å². The van der Waals surface area contributed by atoms with Crippen LogP contribution in [-0.4, -0.2) is 14.3 Å². The fourth-order valence-corrected chi connectivity index (χ4v) is 4.09. The van der Waals surface area contributed by atoms with E-state index < -0.39 is 15.9 Å². The maximum absolute atomic E-state index is 12.8. The number of benzene rings is 3. The summed E-state index contributed by atoms with van der Waals surface area (Å²) in [4.78, 5) is 12.9. The SMILES string of the molecule is CCc1ccccc1NC(=O)c1cc(NS(=O)(=O)c2ccc(C)cc2)ccc1Cl. The van der Waals surface area contributed by atoms with Crippen LogP contribution in [0.15, 0.2) is 71.6 Å². The van der Waals surface area contributed by atoms with Crippen LogP contribution in [0.4, 0.5) is 11.4 Å². The summed E-state index contributed by atoms with van der Waals surface area (Å²) in [7, 11) is -3.78. The molecule has 0 aromatic heterocycles. The van der Waals surface area contributed by atoms with Gasteiger partial charge in [0.1, 0.15) is 0 Å². The van der Waals surface area contributed by atoms with Crippen molar-refractivity contribution in [1.82, 2.24) is 0 Å². The first-order valence-electron chi connectivity index (χ1n) is 9.08. The van der Waals surface area contributed by atoms with Gasteiger partial charge in [-0.05, 0) is 55.3 Å². The van der Waals surface area contributed by atoms with Crippen LogP contribution in [0.2, 0.25) is 5.02 Å². The van der Waals surface area contributed by atoms with Gasteiger partial charge in [0.25, 0.3) is 15.9 Å². The van der Waals surface area contributed by atoms with Crippen molar-refractivity contribution in [3.05, 3.63) is 88.4 Å². The molecule has 29 heavy (non-hydrogen) atoms. The van der Waals surface area contributed by atoms with E-state index in [0.29, 0.717) is 5.69 Å². The lowest BCUT2D eigenvalue weighted by Gasteiger charge is -2.13. The third-order valence-corrected chi connectivity index (χ3v) is 6.17. The zero-order chi connectivity index (χ0) is 21.0. The number of anilines is 2. The lowest BCUT2D eigenvalue weighted by Crippen LogP contribution is -2.16. The van der Waals surface area contributed by atoms with E-state index in [0.717, 1.165) is 17.5 Å². The van der Waals surface area contributed by atoms with E-state index in [-0.39, 0.29) is 21.2 Å². The molecule has 5 nitrogen and oxygen atoms in total. The number of sulfonamides is 1. The van der Waals surface area contributed by atoms with E-state index >= 15 is 0 Å². The molecule has 0 aliphatic carbocycles. The maximum Gasteiger partial charge on any atom is 0.261 e. The quantitative estimate of drug-likeness (QED) is 0.562. The van der Waals surface area contributed by atoms with Gasteiger partial charge in [0, 0.05) is 11.4 Å². The number of hydrogen-bond acceptors (Lipinski definition) is 3. The van der Waals surface area contributed by atoms with E-state index in [4.69, 9.17) is 11.6 Å². The highest BCUT2D eigenvalue weighted by atomic mass is 35.5. The molecule has 0 aliphatic heterocycles. The highest BCUT2D eigenvalue weighted by molar-refractivity contribution is 7.92. The predicted octanol–water partition coefficient (Wildman–Crippen LogP) is 5.26. The molecule has 0 unspecified atom stereocenters. The molecule has 2 N–H and O–H groups in total. The number of amides is 1. The summed E-state index contributed by atoms with van der Waals surface area (Å²) in [5.41, 5.74) is 3.09. The molecule has 7 heteroatoms. The molecular weight excluding hydrogens is 408 g/mol. The van der Waals surface area contributed by atoms with Crippen molar-refractivity contribution in [2.24, 2.45) is 0 Å². The third-order valence-electron chi connectivity index (χ3n) is 4.44. The second-order valence-electron chi connectivity index (χ2n) is 6.58. The molecule has 3 rings (SSSR count). The van der Waals surface area contributed by atoms with Gasteiger partial charge in [0.15, 0.2) is 0 Å². The standard InChI is InChI=1S/C22H21ClN2O3S/c1-3-16-6-4-5-7-21(16)24-22(26)19-14-17(10-13-20(19)23)25-29(27,28)18-11-8-15(2)9-12-18/h4-14,25H,3H2,1-2H3,(H,24,26). The Balaban J connectivity index is 1.86. The molecule has 0 spiro atoms. The van der Waals surface area contributed by atoms with E-state index in [1.54, 1.807) is 12.1 Å². The van der Waals surface area contributed by atoms with E-state index in [1.807, 2.05) is 38.1 Å². The number of carbonyl (C=O) groups excluding carboxylic acids is 1. The first-order chi connectivity index (χ1) is 13.8. The lowest BCUT2D eigenvalue weighted by molar-refractivity contribution is 0.102. The van der Waals surface area contributed by atoms with Gasteiger partial charge in [0.05, 0.1) is 15.5 Å². The van der Waals surface area contributed by atoms with Crippen LogP contribution >= 0.6 is 11.6 Å². The molecular formula is C22H21ClN2O3S. The average molecular weight is 429 g/mol. The minimum atomic E-state index is -3.78. The van der Waals surface area contributed by atoms with E-state index in [1.165, 1.54) is 30.3 Å². The van der Waals surface area contributed by atoms with Crippen molar-refractivity contribution in [2.75, 3.05) is 10.0 Å². The zero-order valence-electron chi connectivity index (χ0n) is 16.1. The van der Waals surface area contributed by atoms with Gasteiger partial charge in [-0.1, -0.05) is 54.4 Å². The number of carbonyl (C=O) groups is 1. The molecule has 0 saturated carbocycles. The highest BCUT2D eigenvalue weighted by Gasteiger charge is 2.17. The van der Waals surface area contributed by atoms with Crippen LogP contribution < -0.4 is 10.0 Å². The molecule has 1 amide bonds. The fraction of sp³-hybridized carbons (Fsp3) is 0.136. The summed E-state index contributed by atoms with van der Waals surface area (Å²) in [6.07, 6.45) is 0.764. The van der Waals surface area contributed by atoms with Gasteiger partial charge in [-0.15, -0.1) is 0 Å². The Bertz CT molecular complexity index is 1140. The molecule has 0 heterocycles. The van der Waals surface area contributed by atoms with Gasteiger partial charge in [-0.25, -0.2) is 8.42 Å². The first-order valence-corrected chi connectivity index (χ1v) is 10.9. The molecule has 0 atom stereocenters. The van der Waals surface area contributed by atoms with E-state index in [2.05, 4.69) is 10.0 Å². The molecule has 0 bridgehead atoms. The number of hydrogen-bond donors (Lipinski definition) is 2. The molecule has 0 radical (unpaired) electrons. The maximum atomic E-state index is 12.8. The van der Waals surface area contributed by atoms with Crippen LogP contribution in [0.3, 0.4) is 0 Å². The minimum absolute atomic E-state index is 0.140. The second-order valence-corrected chi connectivity index (χ2v) is 8.67. The van der Waals surface area contributed by atoms with Crippen molar-refractivity contribution in [1.29, 1.82) is 0 Å². The highest BCUT2D eigenvalue weighted by Crippen LogP contribution is 2.25. The van der Waals surface area contributed by atoms with Gasteiger partial charge in [0.2, 0.25) is 0 Å². The number of rotatable bonds is 6. The Morgan fingerprint density at radius 3 is 2.38 bits per heavy atom. The Morgan fingerprint density at radius 2 is 1.69 bits per heavy atom. The molecule has 3 aromatic rings. The summed E-state index contributed by atoms with van der Waals surface area (Å²) in [5, 5.41) is 3.08. The fourth-order valence-electron chi connectivity index (χ4n) is 2.83. The summed E-state index contributed by atoms with van der Waals surface area (Å²) >= 11 is 6.20. The number of aryl methyl sites for hydroxylation is 2. The average Bonchev–Trinajstić information content (AvgIpc) is 2.70. The van der Waals surface area contributed by atoms with Crippen molar-refractivity contribution in [3.8, 4) is 0 Å². The molecule has 0 saturated heterocycles. The summed E-state index contributed by atoms with van der Waals surface area (Å²) in [6.45, 7) is 3.88. The van der Waals surface area contributed by atoms with E-state index in [9.17, 15) is 13.2 Å². The van der Waals surface area contributed by atoms with Gasteiger partial charge < -0.3 is 5.32 Å². The smallest absolute Gasteiger partial charge is 0.261 e. The Labute approximate surface area is 175 Å². The normalized spacial score (nSPS) is 11.1. The van der Waals surface area contributed by atoms with Gasteiger partial charge in [-0.2, -0.15) is 0 Å². The molecule has 0 fully saturated rings. The molecule has 0 aliphatic rings. The number of halogens is 1. The van der Waals surface area contributed by atoms with Crippen molar-refractivity contribution in [2.45, 2.75) is 25.2 Å². The Kier molecular flexibility index (Phi) is 6.25. The first kappa shape index (κ1) is 20.9. The summed E-state index contributed by atoms with van der Waals surface area (Å²) < 4.78 is 27.7.